The molecule has 1 atom stereocenters. The molecular weight excluding hydrogens is 268 g/mol. The minimum Gasteiger partial charge on any atom is -0.497 e. The van der Waals surface area contributed by atoms with Crippen LogP contribution in [0.25, 0.3) is 0 Å². The van der Waals surface area contributed by atoms with Gasteiger partial charge in [-0.05, 0) is 24.1 Å². The molecule has 21 heavy (non-hydrogen) atoms. The first-order valence-electron chi connectivity index (χ1n) is 7.13. The molecule has 5 nitrogen and oxygen atoms in total. The average Bonchev–Trinajstić information content (AvgIpc) is 2.52. The highest BCUT2D eigenvalue weighted by molar-refractivity contribution is 5.87. The number of carbonyl (C=O) groups is 2. The molecule has 0 fully saturated rings. The van der Waals surface area contributed by atoms with Crippen LogP contribution in [0.5, 0.6) is 5.75 Å². The van der Waals surface area contributed by atoms with Crippen molar-refractivity contribution in [1.82, 2.24) is 10.2 Å². The van der Waals surface area contributed by atoms with Crippen LogP contribution in [0.3, 0.4) is 0 Å². The number of nitrogens with zero attached hydrogens (tertiary/aromatic N) is 1. The number of benzene rings is 1. The number of carbonyl (C=O) groups excluding carboxylic acids is 2. The zero-order chi connectivity index (χ0) is 15.8. The van der Waals surface area contributed by atoms with Crippen LogP contribution in [0.1, 0.15) is 25.3 Å². The minimum absolute atomic E-state index is 0.0142. The topological polar surface area (TPSA) is 58.6 Å². The second-order valence-corrected chi connectivity index (χ2v) is 4.94. The molecule has 0 unspecified atom stereocenters. The molecule has 1 rings (SSSR count). The Morgan fingerprint density at radius 3 is 2.38 bits per heavy atom. The number of likely N-dealkylation sites (N-methyl/N-ethyl adjacent to an activating group) is 2. The van der Waals surface area contributed by atoms with E-state index in [9.17, 15) is 9.59 Å². The Balaban J connectivity index is 2.86. The lowest BCUT2D eigenvalue weighted by atomic mass is 10.0. The summed E-state index contributed by atoms with van der Waals surface area (Å²) in [7, 11) is 4.88. The van der Waals surface area contributed by atoms with E-state index in [0.717, 1.165) is 17.7 Å². The molecule has 1 N–H and O–H groups in total. The van der Waals surface area contributed by atoms with Gasteiger partial charge in [-0.25, -0.2) is 0 Å². The molecule has 0 aliphatic heterocycles. The van der Waals surface area contributed by atoms with E-state index in [1.54, 1.807) is 21.2 Å². The molecule has 0 aliphatic carbocycles. The van der Waals surface area contributed by atoms with Crippen molar-refractivity contribution in [2.45, 2.75) is 32.2 Å². The van der Waals surface area contributed by atoms with Gasteiger partial charge in [-0.1, -0.05) is 19.1 Å². The van der Waals surface area contributed by atoms with Crippen molar-refractivity contribution < 1.29 is 14.3 Å². The fourth-order valence-corrected chi connectivity index (χ4v) is 2.12. The van der Waals surface area contributed by atoms with Gasteiger partial charge in [-0.2, -0.15) is 0 Å². The molecular formula is C16H24N2O3. The summed E-state index contributed by atoms with van der Waals surface area (Å²) in [5, 5.41) is 2.63. The molecule has 0 spiro atoms. The zero-order valence-electron chi connectivity index (χ0n) is 13.2. The number of amides is 2. The Labute approximate surface area is 126 Å². The highest BCUT2D eigenvalue weighted by Gasteiger charge is 2.25. The van der Waals surface area contributed by atoms with Gasteiger partial charge in [0.05, 0.1) is 7.11 Å². The molecule has 0 radical (unpaired) electrons. The molecule has 116 valence electrons. The van der Waals surface area contributed by atoms with Crippen molar-refractivity contribution in [1.29, 1.82) is 0 Å². The second-order valence-electron chi connectivity index (χ2n) is 4.94. The Hall–Kier alpha value is -2.04. The molecule has 0 bridgehead atoms. The smallest absolute Gasteiger partial charge is 0.242 e. The fraction of sp³-hybridized carbons (Fsp3) is 0.500. The van der Waals surface area contributed by atoms with Gasteiger partial charge in [-0.15, -0.1) is 0 Å². The maximum atomic E-state index is 12.1. The first-order chi connectivity index (χ1) is 10.0. The lowest BCUT2D eigenvalue weighted by Crippen LogP contribution is -2.48. The summed E-state index contributed by atoms with van der Waals surface area (Å²) < 4.78 is 5.12. The number of hydrogen-bond acceptors (Lipinski definition) is 3. The lowest BCUT2D eigenvalue weighted by Gasteiger charge is -2.27. The van der Waals surface area contributed by atoms with E-state index in [2.05, 4.69) is 5.32 Å². The van der Waals surface area contributed by atoms with Crippen molar-refractivity contribution >= 4 is 11.8 Å². The minimum atomic E-state index is -0.498. The van der Waals surface area contributed by atoms with Gasteiger partial charge in [0.1, 0.15) is 11.8 Å². The third kappa shape index (κ3) is 4.77. The Bertz CT molecular complexity index is 471. The monoisotopic (exact) mass is 292 g/mol. The van der Waals surface area contributed by atoms with E-state index < -0.39 is 6.04 Å². The van der Waals surface area contributed by atoms with Crippen molar-refractivity contribution in [2.75, 3.05) is 21.2 Å². The summed E-state index contributed by atoms with van der Waals surface area (Å²) in [6.07, 6.45) is 1.70. The van der Waals surface area contributed by atoms with Crippen LogP contribution in [0.4, 0.5) is 0 Å². The van der Waals surface area contributed by atoms with Gasteiger partial charge in [0.25, 0.3) is 0 Å². The Kier molecular flexibility index (Phi) is 6.72. The number of nitrogens with one attached hydrogen (secondary N) is 1. The molecule has 1 aromatic carbocycles. The maximum absolute atomic E-state index is 12.1. The largest absolute Gasteiger partial charge is 0.497 e. The van der Waals surface area contributed by atoms with E-state index in [1.807, 2.05) is 31.2 Å². The van der Waals surface area contributed by atoms with Crippen molar-refractivity contribution in [3.8, 4) is 5.75 Å². The first kappa shape index (κ1) is 17.0. The molecule has 0 aromatic heterocycles. The number of hydrogen-bond donors (Lipinski definition) is 1. The maximum Gasteiger partial charge on any atom is 0.242 e. The summed E-state index contributed by atoms with van der Waals surface area (Å²) in [6.45, 7) is 1.95. The molecule has 0 heterocycles. The van der Waals surface area contributed by atoms with Gasteiger partial charge in [0, 0.05) is 26.9 Å². The van der Waals surface area contributed by atoms with Crippen LogP contribution < -0.4 is 10.1 Å². The van der Waals surface area contributed by atoms with Crippen molar-refractivity contribution in [2.24, 2.45) is 0 Å². The van der Waals surface area contributed by atoms with E-state index in [4.69, 9.17) is 4.74 Å². The fourth-order valence-electron chi connectivity index (χ4n) is 2.12. The SMILES string of the molecule is CCCC(=O)N(C)[C@@H](Cc1ccc(OC)cc1)C(=O)NC. The predicted molar refractivity (Wildman–Crippen MR) is 82.2 cm³/mol. The summed E-state index contributed by atoms with van der Waals surface area (Å²) in [5.74, 6) is 0.600. The van der Waals surface area contributed by atoms with Gasteiger partial charge < -0.3 is 15.0 Å². The van der Waals surface area contributed by atoms with E-state index in [-0.39, 0.29) is 11.8 Å². The summed E-state index contributed by atoms with van der Waals surface area (Å²) >= 11 is 0. The standard InChI is InChI=1S/C16H24N2O3/c1-5-6-15(19)18(3)14(16(20)17-2)11-12-7-9-13(21-4)10-8-12/h7-10,14H,5-6,11H2,1-4H3,(H,17,20)/t14-/m0/s1. The summed E-state index contributed by atoms with van der Waals surface area (Å²) in [5.41, 5.74) is 0.987. The molecule has 1 aromatic rings. The quantitative estimate of drug-likeness (QED) is 0.830. The molecule has 2 amide bonds. The Morgan fingerprint density at radius 1 is 1.29 bits per heavy atom. The van der Waals surface area contributed by atoms with Gasteiger partial charge in [0.2, 0.25) is 11.8 Å². The second kappa shape index (κ2) is 8.29. The van der Waals surface area contributed by atoms with Crippen LogP contribution in [0.2, 0.25) is 0 Å². The highest BCUT2D eigenvalue weighted by atomic mass is 16.5. The van der Waals surface area contributed by atoms with Crippen molar-refractivity contribution in [3.63, 3.8) is 0 Å². The highest BCUT2D eigenvalue weighted by Crippen LogP contribution is 2.15. The van der Waals surface area contributed by atoms with Gasteiger partial charge in [0.15, 0.2) is 0 Å². The van der Waals surface area contributed by atoms with Gasteiger partial charge >= 0.3 is 0 Å². The van der Waals surface area contributed by atoms with E-state index in [1.165, 1.54) is 4.90 Å². The summed E-state index contributed by atoms with van der Waals surface area (Å²) in [6, 6.07) is 7.02. The number of ether oxygens (including phenoxy) is 1. The van der Waals surface area contributed by atoms with Crippen LogP contribution >= 0.6 is 0 Å². The third-order valence-corrected chi connectivity index (χ3v) is 3.46. The van der Waals surface area contributed by atoms with Gasteiger partial charge in [-0.3, -0.25) is 9.59 Å². The number of methoxy groups -OCH3 is 1. The molecule has 0 saturated carbocycles. The lowest BCUT2D eigenvalue weighted by molar-refractivity contribution is -0.138. The number of rotatable bonds is 7. The van der Waals surface area contributed by atoms with Crippen LogP contribution in [0, 0.1) is 0 Å². The van der Waals surface area contributed by atoms with E-state index in [0.29, 0.717) is 12.8 Å². The molecule has 0 saturated heterocycles. The molecule has 5 heteroatoms. The third-order valence-electron chi connectivity index (χ3n) is 3.46. The normalized spacial score (nSPS) is 11.6. The van der Waals surface area contributed by atoms with Crippen LogP contribution in [0.15, 0.2) is 24.3 Å². The van der Waals surface area contributed by atoms with Crippen LogP contribution in [-0.2, 0) is 16.0 Å². The van der Waals surface area contributed by atoms with Crippen LogP contribution in [-0.4, -0.2) is 44.0 Å². The molecule has 0 aliphatic rings. The predicted octanol–water partition coefficient (Wildman–Crippen LogP) is 1.61. The Morgan fingerprint density at radius 2 is 1.90 bits per heavy atom. The first-order valence-corrected chi connectivity index (χ1v) is 7.13. The summed E-state index contributed by atoms with van der Waals surface area (Å²) in [4.78, 5) is 25.6. The van der Waals surface area contributed by atoms with Crippen molar-refractivity contribution in [3.05, 3.63) is 29.8 Å². The zero-order valence-corrected chi connectivity index (χ0v) is 13.2. The average molecular weight is 292 g/mol. The van der Waals surface area contributed by atoms with E-state index >= 15 is 0 Å².